The van der Waals surface area contributed by atoms with E-state index in [0.717, 1.165) is 0 Å². The van der Waals surface area contributed by atoms with E-state index in [-0.39, 0.29) is 37.2 Å². The summed E-state index contributed by atoms with van der Waals surface area (Å²) in [6.45, 7) is -0.864. The zero-order valence-electron chi connectivity index (χ0n) is 15.5. The fourth-order valence-electron chi connectivity index (χ4n) is 2.36. The fourth-order valence-corrected chi connectivity index (χ4v) is 2.36. The molecule has 0 heterocycles. The molecule has 1 amide bonds. The maximum atomic E-state index is 12.5. The topological polar surface area (TPSA) is 71.8 Å². The van der Waals surface area contributed by atoms with E-state index in [1.165, 1.54) is 11.0 Å². The molecule has 0 saturated carbocycles. The molecule has 0 aromatic heterocycles. The number of nitriles is 1. The van der Waals surface area contributed by atoms with Gasteiger partial charge in [0.25, 0.3) is 5.91 Å². The van der Waals surface area contributed by atoms with Gasteiger partial charge in [0.1, 0.15) is 5.75 Å². The van der Waals surface area contributed by atoms with E-state index in [1.807, 2.05) is 6.07 Å². The Hall–Kier alpha value is -3.34. The SMILES string of the molecule is CCOc1cc(CN(C)C(=O)COc2ccc(C#N)cc2)ccc1OC(F)F. The number of likely N-dealkylation sites (N-methyl/N-ethyl adjacent to an activating group) is 1. The smallest absolute Gasteiger partial charge is 0.387 e. The molecule has 0 fully saturated rings. The summed E-state index contributed by atoms with van der Waals surface area (Å²) in [5.74, 6) is 0.344. The summed E-state index contributed by atoms with van der Waals surface area (Å²) in [7, 11) is 1.61. The van der Waals surface area contributed by atoms with E-state index < -0.39 is 6.61 Å². The highest BCUT2D eigenvalue weighted by atomic mass is 19.3. The highest BCUT2D eigenvalue weighted by Gasteiger charge is 2.14. The largest absolute Gasteiger partial charge is 0.490 e. The minimum atomic E-state index is -2.95. The monoisotopic (exact) mass is 390 g/mol. The minimum absolute atomic E-state index is 0.0567. The van der Waals surface area contributed by atoms with Crippen LogP contribution in [0.3, 0.4) is 0 Å². The molecule has 0 atom stereocenters. The zero-order chi connectivity index (χ0) is 20.5. The van der Waals surface area contributed by atoms with Gasteiger partial charge in [0, 0.05) is 13.6 Å². The maximum absolute atomic E-state index is 12.5. The molecule has 0 N–H and O–H groups in total. The quantitative estimate of drug-likeness (QED) is 0.654. The Kier molecular flexibility index (Phi) is 7.57. The molecule has 2 aromatic carbocycles. The molecule has 0 aliphatic carbocycles. The third-order valence-corrected chi connectivity index (χ3v) is 3.72. The van der Waals surface area contributed by atoms with Crippen LogP contribution in [0, 0.1) is 11.3 Å². The Morgan fingerprint density at radius 3 is 2.46 bits per heavy atom. The van der Waals surface area contributed by atoms with Crippen LogP contribution in [-0.4, -0.2) is 37.7 Å². The van der Waals surface area contributed by atoms with Gasteiger partial charge in [-0.15, -0.1) is 0 Å². The first-order valence-electron chi connectivity index (χ1n) is 8.50. The molecular weight excluding hydrogens is 370 g/mol. The van der Waals surface area contributed by atoms with Crippen molar-refractivity contribution < 1.29 is 27.8 Å². The number of benzene rings is 2. The predicted molar refractivity (Wildman–Crippen MR) is 97.4 cm³/mol. The van der Waals surface area contributed by atoms with Crippen LogP contribution in [0.1, 0.15) is 18.1 Å². The van der Waals surface area contributed by atoms with Crippen molar-refractivity contribution >= 4 is 5.91 Å². The lowest BCUT2D eigenvalue weighted by Crippen LogP contribution is -2.31. The number of hydrogen-bond donors (Lipinski definition) is 0. The molecule has 2 aromatic rings. The number of halogens is 2. The lowest BCUT2D eigenvalue weighted by molar-refractivity contribution is -0.132. The van der Waals surface area contributed by atoms with Gasteiger partial charge in [-0.2, -0.15) is 14.0 Å². The second-order valence-electron chi connectivity index (χ2n) is 5.77. The Balaban J connectivity index is 1.96. The van der Waals surface area contributed by atoms with E-state index in [1.54, 1.807) is 50.4 Å². The summed E-state index contributed by atoms with van der Waals surface area (Å²) < 4.78 is 40.1. The van der Waals surface area contributed by atoms with Crippen molar-refractivity contribution in [2.75, 3.05) is 20.3 Å². The maximum Gasteiger partial charge on any atom is 0.387 e. The van der Waals surface area contributed by atoms with Crippen molar-refractivity contribution in [1.82, 2.24) is 4.90 Å². The van der Waals surface area contributed by atoms with Crippen LogP contribution in [0.4, 0.5) is 8.78 Å². The van der Waals surface area contributed by atoms with Gasteiger partial charge in [0.15, 0.2) is 18.1 Å². The molecular formula is C20H20F2N2O4. The van der Waals surface area contributed by atoms with Crippen molar-refractivity contribution in [3.05, 3.63) is 53.6 Å². The van der Waals surface area contributed by atoms with Gasteiger partial charge in [-0.1, -0.05) is 6.07 Å². The van der Waals surface area contributed by atoms with Crippen molar-refractivity contribution in [2.24, 2.45) is 0 Å². The Morgan fingerprint density at radius 1 is 1.14 bits per heavy atom. The van der Waals surface area contributed by atoms with Crippen LogP contribution < -0.4 is 14.2 Å². The standard InChI is InChI=1S/C20H20F2N2O4/c1-3-26-18-10-15(6-9-17(18)28-20(21)22)12-24(2)19(25)13-27-16-7-4-14(11-23)5-8-16/h4-10,20H,3,12-13H2,1-2H3. The second-order valence-corrected chi connectivity index (χ2v) is 5.77. The predicted octanol–water partition coefficient (Wildman–Crippen LogP) is 3.60. The van der Waals surface area contributed by atoms with Gasteiger partial charge in [0.05, 0.1) is 18.2 Å². The lowest BCUT2D eigenvalue weighted by Gasteiger charge is -2.19. The van der Waals surface area contributed by atoms with Crippen molar-refractivity contribution in [3.8, 4) is 23.3 Å². The second kappa shape index (κ2) is 10.1. The highest BCUT2D eigenvalue weighted by molar-refractivity contribution is 5.77. The summed E-state index contributed by atoms with van der Waals surface area (Å²) in [5, 5.41) is 8.77. The molecule has 148 valence electrons. The van der Waals surface area contributed by atoms with Gasteiger partial charge in [-0.25, -0.2) is 0 Å². The van der Waals surface area contributed by atoms with Gasteiger partial charge in [-0.3, -0.25) is 4.79 Å². The van der Waals surface area contributed by atoms with E-state index in [2.05, 4.69) is 4.74 Å². The normalized spacial score (nSPS) is 10.3. The summed E-state index contributed by atoms with van der Waals surface area (Å²) in [6.07, 6.45) is 0. The molecule has 8 heteroatoms. The minimum Gasteiger partial charge on any atom is -0.490 e. The van der Waals surface area contributed by atoms with Gasteiger partial charge < -0.3 is 19.1 Å². The van der Waals surface area contributed by atoms with Crippen molar-refractivity contribution in [3.63, 3.8) is 0 Å². The molecule has 6 nitrogen and oxygen atoms in total. The lowest BCUT2D eigenvalue weighted by atomic mass is 10.2. The molecule has 0 aliphatic heterocycles. The van der Waals surface area contributed by atoms with Gasteiger partial charge in [-0.05, 0) is 48.9 Å². The third-order valence-electron chi connectivity index (χ3n) is 3.72. The number of hydrogen-bond acceptors (Lipinski definition) is 5. The third kappa shape index (κ3) is 6.13. The van der Waals surface area contributed by atoms with Gasteiger partial charge >= 0.3 is 6.61 Å². The average Bonchev–Trinajstić information content (AvgIpc) is 2.68. The first-order valence-corrected chi connectivity index (χ1v) is 8.50. The number of amides is 1. The number of alkyl halides is 2. The molecule has 0 saturated heterocycles. The Morgan fingerprint density at radius 2 is 1.86 bits per heavy atom. The summed E-state index contributed by atoms with van der Waals surface area (Å²) in [5.41, 5.74) is 1.19. The number of carbonyl (C=O) groups excluding carboxylic acids is 1. The summed E-state index contributed by atoms with van der Waals surface area (Å²) in [6, 6.07) is 13.0. The zero-order valence-corrected chi connectivity index (χ0v) is 15.5. The molecule has 0 bridgehead atoms. The van der Waals surface area contributed by atoms with Crippen LogP contribution in [0.5, 0.6) is 17.2 Å². The Bertz CT molecular complexity index is 835. The molecule has 0 radical (unpaired) electrons. The van der Waals surface area contributed by atoms with E-state index >= 15 is 0 Å². The van der Waals surface area contributed by atoms with E-state index in [9.17, 15) is 13.6 Å². The van der Waals surface area contributed by atoms with Crippen LogP contribution in [-0.2, 0) is 11.3 Å². The van der Waals surface area contributed by atoms with Crippen molar-refractivity contribution in [2.45, 2.75) is 20.1 Å². The summed E-state index contributed by atoms with van der Waals surface area (Å²) >= 11 is 0. The first kappa shape index (κ1) is 21.0. The van der Waals surface area contributed by atoms with E-state index in [4.69, 9.17) is 14.7 Å². The van der Waals surface area contributed by atoms with Crippen LogP contribution in [0.2, 0.25) is 0 Å². The Labute approximate surface area is 161 Å². The highest BCUT2D eigenvalue weighted by Crippen LogP contribution is 2.30. The first-order chi connectivity index (χ1) is 13.4. The molecule has 0 unspecified atom stereocenters. The fraction of sp³-hybridized carbons (Fsp3) is 0.300. The molecule has 0 spiro atoms. The molecule has 28 heavy (non-hydrogen) atoms. The number of nitrogens with zero attached hydrogens (tertiary/aromatic N) is 2. The van der Waals surface area contributed by atoms with Crippen molar-refractivity contribution in [1.29, 1.82) is 5.26 Å². The number of rotatable bonds is 9. The van der Waals surface area contributed by atoms with Gasteiger partial charge in [0.2, 0.25) is 0 Å². The van der Waals surface area contributed by atoms with Crippen LogP contribution in [0.15, 0.2) is 42.5 Å². The molecule has 2 rings (SSSR count). The molecule has 0 aliphatic rings. The van der Waals surface area contributed by atoms with E-state index in [0.29, 0.717) is 16.9 Å². The summed E-state index contributed by atoms with van der Waals surface area (Å²) in [4.78, 5) is 13.7. The number of carbonyl (C=O) groups is 1. The van der Waals surface area contributed by atoms with Crippen LogP contribution >= 0.6 is 0 Å². The van der Waals surface area contributed by atoms with Crippen LogP contribution in [0.25, 0.3) is 0 Å². The average molecular weight is 390 g/mol. The number of ether oxygens (including phenoxy) is 3.